The van der Waals surface area contributed by atoms with Crippen LogP contribution < -0.4 is 0 Å². The molecule has 1 nitrogen and oxygen atoms in total. The van der Waals surface area contributed by atoms with Crippen LogP contribution in [-0.4, -0.2) is 0 Å². The average molecular weight is 308 g/mol. The summed E-state index contributed by atoms with van der Waals surface area (Å²) in [6.07, 6.45) is 4.24. The summed E-state index contributed by atoms with van der Waals surface area (Å²) in [4.78, 5) is 0. The maximum atomic E-state index is 14.1. The number of hydrogen-bond acceptors (Lipinski definition) is 1. The highest BCUT2D eigenvalue weighted by molar-refractivity contribution is 6.30. The van der Waals surface area contributed by atoms with Gasteiger partial charge in [0.05, 0.1) is 16.5 Å². The molecule has 1 aliphatic carbocycles. The van der Waals surface area contributed by atoms with Gasteiger partial charge in [-0.05, 0) is 55.1 Å². The Labute approximate surface area is 132 Å². The lowest BCUT2D eigenvalue weighted by molar-refractivity contribution is 0.120. The Morgan fingerprint density at radius 1 is 1.33 bits per heavy atom. The third kappa shape index (κ3) is 3.58. The van der Waals surface area contributed by atoms with Gasteiger partial charge < -0.3 is 0 Å². The topological polar surface area (TPSA) is 23.8 Å². The third-order valence-electron chi connectivity index (χ3n) is 4.97. The second-order valence-corrected chi connectivity index (χ2v) is 7.83. The van der Waals surface area contributed by atoms with Gasteiger partial charge in [-0.15, -0.1) is 0 Å². The van der Waals surface area contributed by atoms with E-state index in [2.05, 4.69) is 26.8 Å². The molecule has 1 aromatic carbocycles. The van der Waals surface area contributed by atoms with Gasteiger partial charge in [0.1, 0.15) is 5.82 Å². The smallest absolute Gasteiger partial charge is 0.145 e. The second-order valence-electron chi connectivity index (χ2n) is 7.42. The highest BCUT2D eigenvalue weighted by atomic mass is 35.5. The van der Waals surface area contributed by atoms with E-state index in [1.807, 2.05) is 0 Å². The van der Waals surface area contributed by atoms with Crippen molar-refractivity contribution in [3.63, 3.8) is 0 Å². The van der Waals surface area contributed by atoms with Crippen molar-refractivity contribution >= 4 is 11.6 Å². The quantitative estimate of drug-likeness (QED) is 0.680. The predicted molar refractivity (Wildman–Crippen MR) is 84.6 cm³/mol. The van der Waals surface area contributed by atoms with E-state index in [1.54, 1.807) is 18.2 Å². The fourth-order valence-corrected chi connectivity index (χ4v) is 3.61. The van der Waals surface area contributed by atoms with E-state index in [0.717, 1.165) is 25.7 Å². The lowest BCUT2D eigenvalue weighted by atomic mass is 9.63. The molecular weight excluding hydrogens is 285 g/mol. The first-order chi connectivity index (χ1) is 9.77. The van der Waals surface area contributed by atoms with Crippen molar-refractivity contribution in [3.05, 3.63) is 34.6 Å². The number of halogens is 2. The van der Waals surface area contributed by atoms with Gasteiger partial charge in [0, 0.05) is 0 Å². The SMILES string of the molecule is CC(C)(C)C1CCC(C#N)(Cc2cccc(Cl)c2F)CC1. The molecule has 0 atom stereocenters. The fourth-order valence-electron chi connectivity index (χ4n) is 3.41. The zero-order valence-corrected chi connectivity index (χ0v) is 13.8. The molecule has 1 aromatic rings. The molecule has 0 N–H and O–H groups in total. The summed E-state index contributed by atoms with van der Waals surface area (Å²) in [5.74, 6) is 0.273. The van der Waals surface area contributed by atoms with Gasteiger partial charge >= 0.3 is 0 Å². The van der Waals surface area contributed by atoms with E-state index < -0.39 is 5.41 Å². The van der Waals surface area contributed by atoms with Crippen molar-refractivity contribution in [1.29, 1.82) is 5.26 Å². The summed E-state index contributed by atoms with van der Waals surface area (Å²) in [7, 11) is 0. The van der Waals surface area contributed by atoms with E-state index in [1.165, 1.54) is 0 Å². The molecule has 114 valence electrons. The van der Waals surface area contributed by atoms with Crippen LogP contribution in [0.25, 0.3) is 0 Å². The van der Waals surface area contributed by atoms with E-state index in [4.69, 9.17) is 11.6 Å². The zero-order chi connectivity index (χ0) is 15.7. The Morgan fingerprint density at radius 3 is 2.48 bits per heavy atom. The van der Waals surface area contributed by atoms with Crippen LogP contribution in [0.3, 0.4) is 0 Å². The highest BCUT2D eigenvalue weighted by Crippen LogP contribution is 2.46. The Bertz CT molecular complexity index is 545. The minimum absolute atomic E-state index is 0.143. The Balaban J connectivity index is 2.15. The molecule has 0 amide bonds. The van der Waals surface area contributed by atoms with Gasteiger partial charge in [-0.25, -0.2) is 4.39 Å². The van der Waals surface area contributed by atoms with Crippen molar-refractivity contribution in [1.82, 2.24) is 0 Å². The van der Waals surface area contributed by atoms with E-state index in [0.29, 0.717) is 17.9 Å². The first kappa shape index (κ1) is 16.3. The monoisotopic (exact) mass is 307 g/mol. The number of rotatable bonds is 2. The first-order valence-corrected chi connectivity index (χ1v) is 7.99. The van der Waals surface area contributed by atoms with Crippen LogP contribution in [0.15, 0.2) is 18.2 Å². The molecule has 2 rings (SSSR count). The Kier molecular flexibility index (Phi) is 4.63. The van der Waals surface area contributed by atoms with E-state index in [-0.39, 0.29) is 16.3 Å². The highest BCUT2D eigenvalue weighted by Gasteiger charge is 2.39. The second kappa shape index (κ2) is 5.97. The van der Waals surface area contributed by atoms with Gasteiger partial charge in [-0.3, -0.25) is 0 Å². The summed E-state index contributed by atoms with van der Waals surface area (Å²) < 4.78 is 14.1. The van der Waals surface area contributed by atoms with Crippen LogP contribution in [0.1, 0.15) is 52.0 Å². The average Bonchev–Trinajstić information content (AvgIpc) is 2.43. The van der Waals surface area contributed by atoms with Crippen LogP contribution in [0, 0.1) is 33.9 Å². The fraction of sp³-hybridized carbons (Fsp3) is 0.611. The van der Waals surface area contributed by atoms with Crippen LogP contribution in [0.4, 0.5) is 4.39 Å². The number of benzene rings is 1. The summed E-state index contributed by atoms with van der Waals surface area (Å²) in [6, 6.07) is 7.53. The lowest BCUT2D eigenvalue weighted by Crippen LogP contribution is -2.33. The summed E-state index contributed by atoms with van der Waals surface area (Å²) in [5, 5.41) is 9.79. The lowest BCUT2D eigenvalue weighted by Gasteiger charge is -2.40. The molecule has 0 heterocycles. The summed E-state index contributed by atoms with van der Waals surface area (Å²) in [6.45, 7) is 6.77. The van der Waals surface area contributed by atoms with Crippen LogP contribution in [-0.2, 0) is 6.42 Å². The van der Waals surface area contributed by atoms with Crippen molar-refractivity contribution in [3.8, 4) is 6.07 Å². The normalized spacial score (nSPS) is 26.4. The molecule has 21 heavy (non-hydrogen) atoms. The van der Waals surface area contributed by atoms with Gasteiger partial charge in [0.15, 0.2) is 0 Å². The molecule has 0 spiro atoms. The zero-order valence-electron chi connectivity index (χ0n) is 13.0. The minimum Gasteiger partial charge on any atom is -0.205 e. The molecular formula is C18H23ClFN. The van der Waals surface area contributed by atoms with Crippen molar-refractivity contribution in [2.45, 2.75) is 52.9 Å². The standard InChI is InChI=1S/C18H23ClFN/c1-17(2,3)14-7-9-18(12-21,10-8-14)11-13-5-4-6-15(19)16(13)20/h4-6,14H,7-11H2,1-3H3. The molecule has 1 aliphatic rings. The molecule has 1 fully saturated rings. The first-order valence-electron chi connectivity index (χ1n) is 7.61. The maximum Gasteiger partial charge on any atom is 0.145 e. The van der Waals surface area contributed by atoms with Crippen LogP contribution in [0.2, 0.25) is 5.02 Å². The Morgan fingerprint density at radius 2 is 1.95 bits per heavy atom. The molecule has 0 saturated heterocycles. The van der Waals surface area contributed by atoms with Crippen molar-refractivity contribution < 1.29 is 4.39 Å². The molecule has 3 heteroatoms. The molecule has 0 unspecified atom stereocenters. The summed E-state index contributed by atoms with van der Waals surface area (Å²) in [5.41, 5.74) is 0.411. The van der Waals surface area contributed by atoms with Crippen molar-refractivity contribution in [2.75, 3.05) is 0 Å². The molecule has 0 aromatic heterocycles. The van der Waals surface area contributed by atoms with Crippen LogP contribution in [0.5, 0.6) is 0 Å². The summed E-state index contributed by atoms with van der Waals surface area (Å²) >= 11 is 5.85. The number of hydrogen-bond donors (Lipinski definition) is 0. The number of nitrogens with zero attached hydrogens (tertiary/aromatic N) is 1. The number of nitriles is 1. The van der Waals surface area contributed by atoms with E-state index >= 15 is 0 Å². The van der Waals surface area contributed by atoms with Gasteiger partial charge in [-0.1, -0.05) is 44.5 Å². The largest absolute Gasteiger partial charge is 0.205 e. The molecule has 0 radical (unpaired) electrons. The molecule has 0 aliphatic heterocycles. The van der Waals surface area contributed by atoms with Gasteiger partial charge in [0.2, 0.25) is 0 Å². The van der Waals surface area contributed by atoms with E-state index in [9.17, 15) is 9.65 Å². The predicted octanol–water partition coefficient (Wildman–Crippen LogP) is 5.77. The minimum atomic E-state index is -0.437. The van der Waals surface area contributed by atoms with Gasteiger partial charge in [0.25, 0.3) is 0 Å². The Hall–Kier alpha value is -1.07. The van der Waals surface area contributed by atoms with Crippen LogP contribution >= 0.6 is 11.6 Å². The third-order valence-corrected chi connectivity index (χ3v) is 5.26. The van der Waals surface area contributed by atoms with Crippen molar-refractivity contribution in [2.24, 2.45) is 16.7 Å². The molecule has 0 bridgehead atoms. The maximum absolute atomic E-state index is 14.1. The van der Waals surface area contributed by atoms with Gasteiger partial charge in [-0.2, -0.15) is 5.26 Å². The molecule has 1 saturated carbocycles.